The largest absolute Gasteiger partial charge is 0.348 e. The van der Waals surface area contributed by atoms with Crippen LogP contribution in [0.4, 0.5) is 0 Å². The maximum absolute atomic E-state index is 11.5. The van der Waals surface area contributed by atoms with Gasteiger partial charge in [-0.15, -0.1) is 0 Å². The lowest BCUT2D eigenvalue weighted by Gasteiger charge is -2.40. The number of rotatable bonds is 15. The Bertz CT molecular complexity index is 2180. The van der Waals surface area contributed by atoms with Gasteiger partial charge in [0.15, 0.2) is 11.6 Å². The van der Waals surface area contributed by atoms with Crippen molar-refractivity contribution in [3.63, 3.8) is 0 Å². The molecule has 5 fully saturated rings. The number of carbonyl (C=O) groups is 1. The second kappa shape index (κ2) is 26.6. The summed E-state index contributed by atoms with van der Waals surface area (Å²) in [7, 11) is 0. The van der Waals surface area contributed by atoms with Gasteiger partial charge in [0.05, 0.1) is 26.4 Å². The zero-order valence-electron chi connectivity index (χ0n) is 42.5. The van der Waals surface area contributed by atoms with Crippen LogP contribution in [-0.4, -0.2) is 76.6 Å². The lowest BCUT2D eigenvalue weighted by molar-refractivity contribution is -0.184. The highest BCUT2D eigenvalue weighted by Crippen LogP contribution is 2.39. The fraction of sp³-hybridized carbons (Fsp3) is 0.422. The Labute approximate surface area is 430 Å². The summed E-state index contributed by atoms with van der Waals surface area (Å²) in [6.45, 7) is 8.90. The minimum absolute atomic E-state index is 0.276. The smallest absolute Gasteiger partial charge is 0.168 e. The fourth-order valence-corrected chi connectivity index (χ4v) is 11.5. The van der Waals surface area contributed by atoms with Crippen molar-refractivity contribution >= 4 is 5.78 Å². The molecule has 0 aromatic heterocycles. The molecule has 2 aliphatic heterocycles. The van der Waals surface area contributed by atoms with Crippen LogP contribution in [0.5, 0.6) is 0 Å². The summed E-state index contributed by atoms with van der Waals surface area (Å²) in [6.07, 6.45) is 12.1. The van der Waals surface area contributed by atoms with E-state index in [1.54, 1.807) is 0 Å². The van der Waals surface area contributed by atoms with Crippen LogP contribution in [0.2, 0.25) is 0 Å². The van der Waals surface area contributed by atoms with E-state index in [0.717, 1.165) is 143 Å². The summed E-state index contributed by atoms with van der Waals surface area (Å²) in [6, 6.07) is 66.2. The molecule has 3 saturated carbocycles. The lowest BCUT2D eigenvalue weighted by atomic mass is 9.88. The first-order chi connectivity index (χ1) is 35.5. The predicted octanol–water partition coefficient (Wildman–Crippen LogP) is 12.9. The Morgan fingerprint density at radius 3 is 0.750 bits per heavy atom. The molecule has 378 valence electrons. The molecular formula is C64H77N3O5. The molecule has 0 amide bonds. The first-order valence-electron chi connectivity index (χ1n) is 27.0. The highest BCUT2D eigenvalue weighted by Gasteiger charge is 2.43. The summed E-state index contributed by atoms with van der Waals surface area (Å²) in [5.41, 5.74) is 8.21. The number of benzene rings is 6. The maximum Gasteiger partial charge on any atom is 0.168 e. The third kappa shape index (κ3) is 15.4. The third-order valence-electron chi connectivity index (χ3n) is 15.5. The molecule has 8 heteroatoms. The molecule has 2 heterocycles. The van der Waals surface area contributed by atoms with E-state index in [-0.39, 0.29) is 11.6 Å². The molecule has 8 nitrogen and oxygen atoms in total. The van der Waals surface area contributed by atoms with Crippen LogP contribution in [0, 0.1) is 0 Å². The van der Waals surface area contributed by atoms with Crippen LogP contribution in [0.15, 0.2) is 182 Å². The van der Waals surface area contributed by atoms with Gasteiger partial charge in [-0.05, 0) is 71.9 Å². The minimum Gasteiger partial charge on any atom is -0.348 e. The zero-order valence-corrected chi connectivity index (χ0v) is 42.5. The summed E-state index contributed by atoms with van der Waals surface area (Å²) >= 11 is 0. The molecule has 0 bridgehead atoms. The average Bonchev–Trinajstić information content (AvgIpc) is 4.10. The van der Waals surface area contributed by atoms with Crippen LogP contribution in [-0.2, 0) is 63.0 Å². The van der Waals surface area contributed by atoms with E-state index in [2.05, 4.69) is 197 Å². The molecular weight excluding hydrogens is 891 g/mol. The van der Waals surface area contributed by atoms with Gasteiger partial charge in [-0.3, -0.25) is 19.5 Å². The van der Waals surface area contributed by atoms with Gasteiger partial charge >= 0.3 is 0 Å². The van der Waals surface area contributed by atoms with E-state index >= 15 is 0 Å². The molecule has 2 saturated heterocycles. The van der Waals surface area contributed by atoms with E-state index in [1.165, 1.54) is 33.4 Å². The van der Waals surface area contributed by atoms with Crippen molar-refractivity contribution < 1.29 is 23.7 Å². The second-order valence-electron chi connectivity index (χ2n) is 20.6. The third-order valence-corrected chi connectivity index (χ3v) is 15.5. The van der Waals surface area contributed by atoms with Gasteiger partial charge in [0.1, 0.15) is 5.78 Å². The highest BCUT2D eigenvalue weighted by molar-refractivity contribution is 5.79. The summed E-state index contributed by atoms with van der Waals surface area (Å²) in [5.74, 6) is -0.126. The summed E-state index contributed by atoms with van der Waals surface area (Å²) in [5, 5.41) is 0. The fourth-order valence-electron chi connectivity index (χ4n) is 11.5. The topological polar surface area (TPSA) is 63.7 Å². The molecule has 0 atom stereocenters. The van der Waals surface area contributed by atoms with E-state index < -0.39 is 0 Å². The van der Waals surface area contributed by atoms with Gasteiger partial charge in [0, 0.05) is 95.9 Å². The first kappa shape index (κ1) is 51.6. The SMILES string of the molecule is O=C1CCC(N(Cc2ccccc2)Cc2ccccc2)CC1.c1ccc(CN(Cc2ccccc2)C2CCC3(CC2)OCCO3)cc1.c1ccc(CN(Cc2ccccc2)C2CCC3(CC2)OCCO3)cc1. The van der Waals surface area contributed by atoms with Crippen LogP contribution in [0.25, 0.3) is 0 Å². The Kier molecular flexibility index (Phi) is 19.1. The molecule has 5 aliphatic rings. The molecule has 72 heavy (non-hydrogen) atoms. The van der Waals surface area contributed by atoms with Gasteiger partial charge in [-0.1, -0.05) is 182 Å². The van der Waals surface area contributed by atoms with Crippen molar-refractivity contribution in [2.45, 2.75) is 146 Å². The normalized spacial score (nSPS) is 19.8. The average molecular weight is 968 g/mol. The lowest BCUT2D eigenvalue weighted by Crippen LogP contribution is -2.43. The zero-order chi connectivity index (χ0) is 49.1. The number of hydrogen-bond acceptors (Lipinski definition) is 8. The molecule has 6 aromatic carbocycles. The van der Waals surface area contributed by atoms with Crippen LogP contribution >= 0.6 is 0 Å². The molecule has 0 radical (unpaired) electrons. The Hall–Kier alpha value is -5.29. The monoisotopic (exact) mass is 968 g/mol. The number of Topliss-reactive ketones (excluding diaryl/α,β-unsaturated/α-hetero) is 1. The van der Waals surface area contributed by atoms with Gasteiger partial charge in [-0.25, -0.2) is 0 Å². The van der Waals surface area contributed by atoms with Crippen molar-refractivity contribution in [2.75, 3.05) is 26.4 Å². The van der Waals surface area contributed by atoms with Crippen molar-refractivity contribution in [3.05, 3.63) is 215 Å². The first-order valence-corrected chi connectivity index (χ1v) is 27.0. The highest BCUT2D eigenvalue weighted by atomic mass is 16.7. The van der Waals surface area contributed by atoms with E-state index in [1.807, 2.05) is 0 Å². The van der Waals surface area contributed by atoms with Crippen molar-refractivity contribution in [1.29, 1.82) is 0 Å². The second-order valence-corrected chi connectivity index (χ2v) is 20.6. The number of ketones is 1. The van der Waals surface area contributed by atoms with Gasteiger partial charge < -0.3 is 18.9 Å². The number of carbonyl (C=O) groups excluding carboxylic acids is 1. The Morgan fingerprint density at radius 2 is 0.528 bits per heavy atom. The standard InChI is InChI=1S/2C22H27NO2.C20H23NO/c2*1-3-7-19(8-4-1)17-23(18-20-9-5-2-6-10-20)21-11-13-22(14-12-21)24-15-16-25-22;22-20-13-11-19(12-14-20)21(15-17-7-3-1-4-8-17)16-18-9-5-2-6-10-18/h2*1-10,21H,11-18H2;1-10,19H,11-16H2. The van der Waals surface area contributed by atoms with Gasteiger partial charge in [0.2, 0.25) is 0 Å². The van der Waals surface area contributed by atoms with Gasteiger partial charge in [-0.2, -0.15) is 0 Å². The van der Waals surface area contributed by atoms with E-state index in [0.29, 0.717) is 23.9 Å². The van der Waals surface area contributed by atoms with Crippen LogP contribution in [0.3, 0.4) is 0 Å². The van der Waals surface area contributed by atoms with E-state index in [4.69, 9.17) is 18.9 Å². The molecule has 0 N–H and O–H groups in total. The number of hydrogen-bond donors (Lipinski definition) is 0. The quantitative estimate of drug-likeness (QED) is 0.101. The molecule has 11 rings (SSSR count). The molecule has 6 aromatic rings. The van der Waals surface area contributed by atoms with Crippen molar-refractivity contribution in [1.82, 2.24) is 14.7 Å². The Balaban J connectivity index is 0.000000134. The van der Waals surface area contributed by atoms with Crippen molar-refractivity contribution in [3.8, 4) is 0 Å². The molecule has 0 unspecified atom stereocenters. The minimum atomic E-state index is -0.276. The maximum atomic E-state index is 11.5. The summed E-state index contributed by atoms with van der Waals surface area (Å²) < 4.78 is 23.6. The van der Waals surface area contributed by atoms with Crippen LogP contribution in [0.1, 0.15) is 110 Å². The number of ether oxygens (including phenoxy) is 4. The van der Waals surface area contributed by atoms with Crippen molar-refractivity contribution in [2.24, 2.45) is 0 Å². The molecule has 2 spiro atoms. The van der Waals surface area contributed by atoms with Gasteiger partial charge in [0.25, 0.3) is 0 Å². The summed E-state index contributed by atoms with van der Waals surface area (Å²) in [4.78, 5) is 19.3. The van der Waals surface area contributed by atoms with E-state index in [9.17, 15) is 4.79 Å². The van der Waals surface area contributed by atoms with Crippen LogP contribution < -0.4 is 0 Å². The molecule has 3 aliphatic carbocycles. The number of nitrogens with zero attached hydrogens (tertiary/aromatic N) is 3. The predicted molar refractivity (Wildman–Crippen MR) is 287 cm³/mol. The Morgan fingerprint density at radius 1 is 0.319 bits per heavy atom.